The van der Waals surface area contributed by atoms with Gasteiger partial charge in [-0.15, -0.1) is 0 Å². The minimum Gasteiger partial charge on any atom is -0.454 e. The molecule has 152 valence electrons. The molecule has 7 heteroatoms. The molecule has 1 aliphatic rings. The van der Waals surface area contributed by atoms with E-state index in [1.807, 2.05) is 61.5 Å². The lowest BCUT2D eigenvalue weighted by Gasteiger charge is -2.19. The van der Waals surface area contributed by atoms with E-state index in [-0.39, 0.29) is 12.7 Å². The third kappa shape index (κ3) is 4.42. The molecule has 0 aliphatic carbocycles. The van der Waals surface area contributed by atoms with Crippen LogP contribution in [0, 0.1) is 6.92 Å². The summed E-state index contributed by atoms with van der Waals surface area (Å²) in [6, 6.07) is 20.8. The maximum Gasteiger partial charge on any atom is 0.265 e. The van der Waals surface area contributed by atoms with E-state index in [2.05, 4.69) is 16.2 Å². The van der Waals surface area contributed by atoms with Crippen molar-refractivity contribution < 1.29 is 19.1 Å². The van der Waals surface area contributed by atoms with Gasteiger partial charge in [-0.25, -0.2) is 5.43 Å². The molecule has 3 aromatic carbocycles. The van der Waals surface area contributed by atoms with Gasteiger partial charge in [0.05, 0.1) is 0 Å². The number of amides is 2. The molecule has 0 spiro atoms. The van der Waals surface area contributed by atoms with Gasteiger partial charge in [-0.2, -0.15) is 0 Å². The maximum absolute atomic E-state index is 12.9. The standard InChI is InChI=1S/C23H21N3O4/c1-15-7-10-18(11-8-15)24-23(28)21(16-5-3-2-4-6-16)25-26-22(27)17-9-12-19-20(13-17)30-14-29-19/h2-13,21,25H,14H2,1H3,(H,24,28)(H,26,27). The van der Waals surface area contributed by atoms with Crippen molar-refractivity contribution in [2.75, 3.05) is 12.1 Å². The number of anilines is 1. The van der Waals surface area contributed by atoms with E-state index >= 15 is 0 Å². The summed E-state index contributed by atoms with van der Waals surface area (Å²) in [4.78, 5) is 25.5. The van der Waals surface area contributed by atoms with E-state index in [1.54, 1.807) is 18.2 Å². The molecule has 0 aromatic heterocycles. The van der Waals surface area contributed by atoms with Gasteiger partial charge in [0, 0.05) is 11.3 Å². The number of fused-ring (bicyclic) bond motifs is 1. The Morgan fingerprint density at radius 1 is 0.900 bits per heavy atom. The molecule has 1 unspecified atom stereocenters. The fourth-order valence-corrected chi connectivity index (χ4v) is 3.04. The Labute approximate surface area is 174 Å². The van der Waals surface area contributed by atoms with Gasteiger partial charge in [0.15, 0.2) is 11.5 Å². The van der Waals surface area contributed by atoms with Crippen LogP contribution in [-0.4, -0.2) is 18.6 Å². The quantitative estimate of drug-likeness (QED) is 0.550. The van der Waals surface area contributed by atoms with Crippen molar-refractivity contribution in [3.63, 3.8) is 0 Å². The van der Waals surface area contributed by atoms with Gasteiger partial charge < -0.3 is 14.8 Å². The lowest BCUT2D eigenvalue weighted by molar-refractivity contribution is -0.118. The lowest BCUT2D eigenvalue weighted by Crippen LogP contribution is -2.44. The molecule has 4 rings (SSSR count). The predicted octanol–water partition coefficient (Wildman–Crippen LogP) is 3.34. The summed E-state index contributed by atoms with van der Waals surface area (Å²) < 4.78 is 10.6. The van der Waals surface area contributed by atoms with Crippen molar-refractivity contribution >= 4 is 17.5 Å². The monoisotopic (exact) mass is 403 g/mol. The van der Waals surface area contributed by atoms with Crippen LogP contribution >= 0.6 is 0 Å². The number of rotatable bonds is 6. The first-order chi connectivity index (χ1) is 14.6. The van der Waals surface area contributed by atoms with Crippen molar-refractivity contribution in [1.82, 2.24) is 10.9 Å². The van der Waals surface area contributed by atoms with Crippen molar-refractivity contribution in [2.45, 2.75) is 13.0 Å². The molecule has 0 bridgehead atoms. The van der Waals surface area contributed by atoms with Crippen LogP contribution in [0.2, 0.25) is 0 Å². The van der Waals surface area contributed by atoms with Gasteiger partial charge in [0.2, 0.25) is 12.7 Å². The number of hydrogen-bond donors (Lipinski definition) is 3. The first-order valence-corrected chi connectivity index (χ1v) is 9.48. The fraction of sp³-hybridized carbons (Fsp3) is 0.130. The van der Waals surface area contributed by atoms with Gasteiger partial charge >= 0.3 is 0 Å². The fourth-order valence-electron chi connectivity index (χ4n) is 3.04. The number of benzene rings is 3. The third-order valence-corrected chi connectivity index (χ3v) is 4.68. The second-order valence-corrected chi connectivity index (χ2v) is 6.87. The molecule has 1 aliphatic heterocycles. The van der Waals surface area contributed by atoms with Crippen LogP contribution in [0.15, 0.2) is 72.8 Å². The van der Waals surface area contributed by atoms with Crippen LogP contribution in [0.3, 0.4) is 0 Å². The van der Waals surface area contributed by atoms with E-state index in [1.165, 1.54) is 0 Å². The zero-order chi connectivity index (χ0) is 20.9. The van der Waals surface area contributed by atoms with Gasteiger partial charge in [-0.3, -0.25) is 15.0 Å². The minimum atomic E-state index is -0.787. The second kappa shape index (κ2) is 8.67. The number of hydrogen-bond acceptors (Lipinski definition) is 5. The molecule has 7 nitrogen and oxygen atoms in total. The second-order valence-electron chi connectivity index (χ2n) is 6.87. The maximum atomic E-state index is 12.9. The summed E-state index contributed by atoms with van der Waals surface area (Å²) in [6.45, 7) is 2.11. The SMILES string of the molecule is Cc1ccc(NC(=O)C(NNC(=O)c2ccc3c(c2)OCO3)c2ccccc2)cc1. The Hall–Kier alpha value is -3.84. The highest BCUT2D eigenvalue weighted by molar-refractivity contribution is 5.97. The summed E-state index contributed by atoms with van der Waals surface area (Å²) in [5.41, 5.74) is 8.35. The van der Waals surface area contributed by atoms with Crippen LogP contribution in [0.5, 0.6) is 11.5 Å². The molecule has 2 amide bonds. The average Bonchev–Trinajstić information content (AvgIpc) is 3.24. The summed E-state index contributed by atoms with van der Waals surface area (Å²) in [5, 5.41) is 2.88. The Balaban J connectivity index is 1.48. The first-order valence-electron chi connectivity index (χ1n) is 9.48. The molecule has 0 saturated carbocycles. The van der Waals surface area contributed by atoms with Gasteiger partial charge in [0.1, 0.15) is 6.04 Å². The van der Waals surface area contributed by atoms with Crippen LogP contribution < -0.4 is 25.6 Å². The topological polar surface area (TPSA) is 88.7 Å². The van der Waals surface area contributed by atoms with Gasteiger partial charge in [0.25, 0.3) is 5.91 Å². The molecule has 1 atom stereocenters. The predicted molar refractivity (Wildman–Crippen MR) is 112 cm³/mol. The van der Waals surface area contributed by atoms with Crippen molar-refractivity contribution in [3.8, 4) is 11.5 Å². The zero-order valence-corrected chi connectivity index (χ0v) is 16.3. The lowest BCUT2D eigenvalue weighted by atomic mass is 10.1. The number of aryl methyl sites for hydroxylation is 1. The summed E-state index contributed by atoms with van der Waals surface area (Å²) >= 11 is 0. The van der Waals surface area contributed by atoms with Crippen LogP contribution in [0.4, 0.5) is 5.69 Å². The smallest absolute Gasteiger partial charge is 0.265 e. The molecule has 3 aromatic rings. The van der Waals surface area contributed by atoms with E-state index in [0.29, 0.717) is 28.3 Å². The first kappa shape index (κ1) is 19.5. The average molecular weight is 403 g/mol. The summed E-state index contributed by atoms with van der Waals surface area (Å²) in [5.74, 6) is 0.423. The molecule has 0 radical (unpaired) electrons. The highest BCUT2D eigenvalue weighted by atomic mass is 16.7. The zero-order valence-electron chi connectivity index (χ0n) is 16.3. The minimum absolute atomic E-state index is 0.133. The summed E-state index contributed by atoms with van der Waals surface area (Å²) in [7, 11) is 0. The molecule has 0 saturated heterocycles. The number of nitrogens with one attached hydrogen (secondary N) is 3. The number of carbonyl (C=O) groups excluding carboxylic acids is 2. The van der Waals surface area contributed by atoms with E-state index in [4.69, 9.17) is 9.47 Å². The summed E-state index contributed by atoms with van der Waals surface area (Å²) in [6.07, 6.45) is 0. The molecule has 30 heavy (non-hydrogen) atoms. The Bertz CT molecular complexity index is 1050. The van der Waals surface area contributed by atoms with Crippen LogP contribution in [0.1, 0.15) is 27.5 Å². The third-order valence-electron chi connectivity index (χ3n) is 4.68. The highest BCUT2D eigenvalue weighted by Gasteiger charge is 2.22. The van der Waals surface area contributed by atoms with Crippen molar-refractivity contribution in [3.05, 3.63) is 89.5 Å². The molecule has 0 fully saturated rings. The van der Waals surface area contributed by atoms with Gasteiger partial charge in [-0.1, -0.05) is 48.0 Å². The number of ether oxygens (including phenoxy) is 2. The Kier molecular flexibility index (Phi) is 5.63. The highest BCUT2D eigenvalue weighted by Crippen LogP contribution is 2.32. The number of hydrazine groups is 1. The van der Waals surface area contributed by atoms with Gasteiger partial charge in [-0.05, 0) is 42.8 Å². The Morgan fingerprint density at radius 3 is 2.40 bits per heavy atom. The van der Waals surface area contributed by atoms with E-state index < -0.39 is 11.9 Å². The normalized spacial score (nSPS) is 12.8. The van der Waals surface area contributed by atoms with Crippen LogP contribution in [0.25, 0.3) is 0 Å². The van der Waals surface area contributed by atoms with Crippen LogP contribution in [-0.2, 0) is 4.79 Å². The number of carbonyl (C=O) groups is 2. The molecule has 3 N–H and O–H groups in total. The Morgan fingerprint density at radius 2 is 1.63 bits per heavy atom. The van der Waals surface area contributed by atoms with E-state index in [0.717, 1.165) is 5.56 Å². The largest absolute Gasteiger partial charge is 0.454 e. The molecule has 1 heterocycles. The van der Waals surface area contributed by atoms with Crippen molar-refractivity contribution in [2.24, 2.45) is 0 Å². The molecular weight excluding hydrogens is 382 g/mol. The molecular formula is C23H21N3O4. The van der Waals surface area contributed by atoms with E-state index in [9.17, 15) is 9.59 Å². The van der Waals surface area contributed by atoms with Crippen molar-refractivity contribution in [1.29, 1.82) is 0 Å².